The van der Waals surface area contributed by atoms with Crippen LogP contribution < -0.4 is 5.32 Å². The normalized spacial score (nSPS) is 12.8. The lowest BCUT2D eigenvalue weighted by atomic mass is 10.00. The van der Waals surface area contributed by atoms with Crippen molar-refractivity contribution < 1.29 is 9.52 Å². The van der Waals surface area contributed by atoms with Crippen LogP contribution in [0.25, 0.3) is 16.5 Å². The molecule has 0 fully saturated rings. The fourth-order valence-corrected chi connectivity index (χ4v) is 1.90. The van der Waals surface area contributed by atoms with Gasteiger partial charge in [0.25, 0.3) is 0 Å². The van der Waals surface area contributed by atoms with E-state index in [-0.39, 0.29) is 12.6 Å². The molecule has 2 rings (SSSR count). The Balaban J connectivity index is 2.28. The standard InChI is InChI=1S/C14H17NO2/c1-3-15-13(9-16)10(2)12-5-4-11-6-7-17-14(11)8-12/h4-8,13,15-16H,2-3,9H2,1H3. The first-order valence-corrected chi connectivity index (χ1v) is 5.77. The molecule has 0 aliphatic carbocycles. The van der Waals surface area contributed by atoms with E-state index >= 15 is 0 Å². The van der Waals surface area contributed by atoms with E-state index in [1.165, 1.54) is 0 Å². The second-order valence-corrected chi connectivity index (χ2v) is 3.99. The molecule has 0 amide bonds. The van der Waals surface area contributed by atoms with Gasteiger partial charge in [0, 0.05) is 5.39 Å². The highest BCUT2D eigenvalue weighted by Gasteiger charge is 2.12. The molecule has 0 spiro atoms. The molecule has 1 aromatic carbocycles. The Morgan fingerprint density at radius 3 is 3.00 bits per heavy atom. The Bertz CT molecular complexity index is 516. The summed E-state index contributed by atoms with van der Waals surface area (Å²) in [5.41, 5.74) is 2.72. The van der Waals surface area contributed by atoms with Gasteiger partial charge in [0.05, 0.1) is 18.9 Å². The molecule has 1 atom stereocenters. The highest BCUT2D eigenvalue weighted by Crippen LogP contribution is 2.22. The van der Waals surface area contributed by atoms with Crippen molar-refractivity contribution >= 4 is 16.5 Å². The van der Waals surface area contributed by atoms with Crippen molar-refractivity contribution in [1.29, 1.82) is 0 Å². The summed E-state index contributed by atoms with van der Waals surface area (Å²) in [7, 11) is 0. The van der Waals surface area contributed by atoms with Gasteiger partial charge < -0.3 is 14.8 Å². The fourth-order valence-electron chi connectivity index (χ4n) is 1.90. The number of benzene rings is 1. The van der Waals surface area contributed by atoms with Crippen LogP contribution in [0, 0.1) is 0 Å². The van der Waals surface area contributed by atoms with Crippen molar-refractivity contribution in [3.8, 4) is 0 Å². The largest absolute Gasteiger partial charge is 0.464 e. The van der Waals surface area contributed by atoms with Crippen LogP contribution in [0.1, 0.15) is 12.5 Å². The second-order valence-electron chi connectivity index (χ2n) is 3.99. The van der Waals surface area contributed by atoms with Crippen molar-refractivity contribution in [3.05, 3.63) is 42.7 Å². The van der Waals surface area contributed by atoms with Crippen LogP contribution in [0.2, 0.25) is 0 Å². The lowest BCUT2D eigenvalue weighted by Gasteiger charge is -2.18. The summed E-state index contributed by atoms with van der Waals surface area (Å²) in [5, 5.41) is 13.6. The third-order valence-corrected chi connectivity index (χ3v) is 2.88. The van der Waals surface area contributed by atoms with Gasteiger partial charge in [0.1, 0.15) is 5.58 Å². The van der Waals surface area contributed by atoms with Crippen molar-refractivity contribution in [3.63, 3.8) is 0 Å². The third kappa shape index (κ3) is 2.40. The third-order valence-electron chi connectivity index (χ3n) is 2.88. The molecular weight excluding hydrogens is 214 g/mol. The Labute approximate surface area is 101 Å². The molecular formula is C14H17NO2. The van der Waals surface area contributed by atoms with Gasteiger partial charge in [0.15, 0.2) is 0 Å². The first kappa shape index (κ1) is 11.9. The van der Waals surface area contributed by atoms with Crippen molar-refractivity contribution in [2.24, 2.45) is 0 Å². The van der Waals surface area contributed by atoms with Crippen molar-refractivity contribution in [2.75, 3.05) is 13.2 Å². The minimum atomic E-state index is -0.104. The molecule has 0 bridgehead atoms. The van der Waals surface area contributed by atoms with Crippen LogP contribution in [-0.4, -0.2) is 24.3 Å². The van der Waals surface area contributed by atoms with Crippen LogP contribution in [0.5, 0.6) is 0 Å². The summed E-state index contributed by atoms with van der Waals surface area (Å²) < 4.78 is 5.36. The molecule has 17 heavy (non-hydrogen) atoms. The molecule has 90 valence electrons. The van der Waals surface area contributed by atoms with E-state index in [0.29, 0.717) is 0 Å². The van der Waals surface area contributed by atoms with Gasteiger partial charge in [0.2, 0.25) is 0 Å². The van der Waals surface area contributed by atoms with Gasteiger partial charge in [-0.25, -0.2) is 0 Å². The number of hydrogen-bond donors (Lipinski definition) is 2. The molecule has 0 saturated carbocycles. The topological polar surface area (TPSA) is 45.4 Å². The molecule has 1 heterocycles. The molecule has 3 heteroatoms. The minimum Gasteiger partial charge on any atom is -0.464 e. The predicted octanol–water partition coefficient (Wildman–Crippen LogP) is 2.42. The molecule has 3 nitrogen and oxygen atoms in total. The number of rotatable bonds is 5. The monoisotopic (exact) mass is 231 g/mol. The average Bonchev–Trinajstić information content (AvgIpc) is 2.82. The molecule has 2 aromatic rings. The quantitative estimate of drug-likeness (QED) is 0.830. The van der Waals surface area contributed by atoms with Crippen LogP contribution in [0.4, 0.5) is 0 Å². The number of likely N-dealkylation sites (N-methyl/N-ethyl adjacent to an activating group) is 1. The summed E-state index contributed by atoms with van der Waals surface area (Å²) in [6, 6.07) is 7.78. The number of hydrogen-bond acceptors (Lipinski definition) is 3. The lowest BCUT2D eigenvalue weighted by molar-refractivity contribution is 0.270. The Morgan fingerprint density at radius 1 is 1.47 bits per heavy atom. The van der Waals surface area contributed by atoms with Gasteiger partial charge in [-0.1, -0.05) is 25.6 Å². The SMILES string of the molecule is C=C(c1ccc2ccoc2c1)C(CO)NCC. The van der Waals surface area contributed by atoms with Crippen LogP contribution in [-0.2, 0) is 0 Å². The molecule has 2 N–H and O–H groups in total. The Hall–Kier alpha value is -1.58. The summed E-state index contributed by atoms with van der Waals surface area (Å²) in [4.78, 5) is 0. The van der Waals surface area contributed by atoms with Gasteiger partial charge in [-0.2, -0.15) is 0 Å². The molecule has 0 aliphatic rings. The lowest BCUT2D eigenvalue weighted by Crippen LogP contribution is -2.33. The minimum absolute atomic E-state index is 0.0445. The zero-order chi connectivity index (χ0) is 12.3. The van der Waals surface area contributed by atoms with Crippen LogP contribution in [0.3, 0.4) is 0 Å². The van der Waals surface area contributed by atoms with Crippen LogP contribution >= 0.6 is 0 Å². The van der Waals surface area contributed by atoms with Gasteiger partial charge in [-0.15, -0.1) is 0 Å². The van der Waals surface area contributed by atoms with E-state index in [1.807, 2.05) is 31.2 Å². The van der Waals surface area contributed by atoms with E-state index in [4.69, 9.17) is 4.42 Å². The summed E-state index contributed by atoms with van der Waals surface area (Å²) in [5.74, 6) is 0. The van der Waals surface area contributed by atoms with E-state index < -0.39 is 0 Å². The predicted molar refractivity (Wildman–Crippen MR) is 69.8 cm³/mol. The van der Waals surface area contributed by atoms with Crippen molar-refractivity contribution in [2.45, 2.75) is 13.0 Å². The number of aliphatic hydroxyl groups excluding tert-OH is 1. The first-order chi connectivity index (χ1) is 8.26. The van der Waals surface area contributed by atoms with Gasteiger partial charge in [-0.3, -0.25) is 0 Å². The van der Waals surface area contributed by atoms with Crippen LogP contribution in [0.15, 0.2) is 41.5 Å². The second kappa shape index (κ2) is 5.17. The van der Waals surface area contributed by atoms with E-state index in [0.717, 1.165) is 28.7 Å². The maximum Gasteiger partial charge on any atom is 0.134 e. The fraction of sp³-hybridized carbons (Fsp3) is 0.286. The molecule has 0 aliphatic heterocycles. The smallest absolute Gasteiger partial charge is 0.134 e. The summed E-state index contributed by atoms with van der Waals surface area (Å²) >= 11 is 0. The highest BCUT2D eigenvalue weighted by atomic mass is 16.3. The number of furan rings is 1. The number of fused-ring (bicyclic) bond motifs is 1. The average molecular weight is 231 g/mol. The van der Waals surface area contributed by atoms with E-state index in [2.05, 4.69) is 11.9 Å². The maximum atomic E-state index is 9.32. The zero-order valence-electron chi connectivity index (χ0n) is 9.94. The van der Waals surface area contributed by atoms with Crippen molar-refractivity contribution in [1.82, 2.24) is 5.32 Å². The molecule has 0 saturated heterocycles. The van der Waals surface area contributed by atoms with E-state index in [1.54, 1.807) is 6.26 Å². The van der Waals surface area contributed by atoms with Gasteiger partial charge >= 0.3 is 0 Å². The Kier molecular flexibility index (Phi) is 3.61. The summed E-state index contributed by atoms with van der Waals surface area (Å²) in [6.45, 7) is 6.89. The number of aliphatic hydroxyl groups is 1. The molecule has 1 aromatic heterocycles. The molecule has 1 unspecified atom stereocenters. The maximum absolute atomic E-state index is 9.32. The van der Waals surface area contributed by atoms with Gasteiger partial charge in [-0.05, 0) is 29.8 Å². The zero-order valence-corrected chi connectivity index (χ0v) is 9.94. The first-order valence-electron chi connectivity index (χ1n) is 5.77. The highest BCUT2D eigenvalue weighted by molar-refractivity contribution is 5.82. The number of nitrogens with one attached hydrogen (secondary N) is 1. The molecule has 0 radical (unpaired) electrons. The Morgan fingerprint density at radius 2 is 2.29 bits per heavy atom. The summed E-state index contributed by atoms with van der Waals surface area (Å²) in [6.07, 6.45) is 1.67. The van der Waals surface area contributed by atoms with E-state index in [9.17, 15) is 5.11 Å².